The number of hydrazine groups is 1. The van der Waals surface area contributed by atoms with Crippen LogP contribution in [-0.4, -0.2) is 6.04 Å². The SMILES string of the molecule is CC1(C)[C@@H]2CC[C@@]1(C)C(NN)C2. The van der Waals surface area contributed by atoms with E-state index in [1.807, 2.05) is 0 Å². The molecule has 2 saturated carbocycles. The molecule has 0 heterocycles. The first-order chi connectivity index (χ1) is 5.52. The molecule has 0 aliphatic heterocycles. The lowest BCUT2D eigenvalue weighted by Crippen LogP contribution is -2.47. The molecule has 2 heteroatoms. The number of nitrogens with two attached hydrogens (primary N) is 1. The van der Waals surface area contributed by atoms with Gasteiger partial charge in [0.05, 0.1) is 0 Å². The first kappa shape index (κ1) is 8.52. The molecule has 0 aromatic carbocycles. The molecule has 3 N–H and O–H groups in total. The highest BCUT2D eigenvalue weighted by Crippen LogP contribution is 2.65. The molecule has 2 aliphatic rings. The first-order valence-corrected chi connectivity index (χ1v) is 4.98. The largest absolute Gasteiger partial charge is 0.271 e. The molecule has 2 nitrogen and oxygen atoms in total. The van der Waals surface area contributed by atoms with Crippen molar-refractivity contribution in [2.75, 3.05) is 0 Å². The standard InChI is InChI=1S/C10H20N2/c1-9(2)7-4-5-10(9,3)8(6-7)12-11/h7-8,12H,4-6,11H2,1-3H3/t7-,8?,10+/m1/s1. The van der Waals surface area contributed by atoms with Crippen LogP contribution in [0.15, 0.2) is 0 Å². The second kappa shape index (κ2) is 2.24. The molecule has 2 rings (SSSR count). The Balaban J connectivity index is 2.33. The third-order valence-corrected chi connectivity index (χ3v) is 5.00. The Morgan fingerprint density at radius 1 is 1.33 bits per heavy atom. The van der Waals surface area contributed by atoms with E-state index in [0.29, 0.717) is 16.9 Å². The zero-order valence-electron chi connectivity index (χ0n) is 8.35. The fourth-order valence-corrected chi connectivity index (χ4v) is 3.46. The van der Waals surface area contributed by atoms with Gasteiger partial charge >= 0.3 is 0 Å². The predicted molar refractivity (Wildman–Crippen MR) is 50.3 cm³/mol. The second-order valence-corrected chi connectivity index (χ2v) is 5.33. The summed E-state index contributed by atoms with van der Waals surface area (Å²) in [6.07, 6.45) is 4.03. The molecule has 2 aliphatic carbocycles. The molecule has 0 aromatic heterocycles. The summed E-state index contributed by atoms with van der Waals surface area (Å²) in [4.78, 5) is 0. The molecule has 3 atom stereocenters. The molecule has 0 amide bonds. The normalized spacial score (nSPS) is 50.0. The van der Waals surface area contributed by atoms with Crippen LogP contribution >= 0.6 is 0 Å². The molecule has 1 unspecified atom stereocenters. The van der Waals surface area contributed by atoms with E-state index < -0.39 is 0 Å². The Labute approximate surface area is 74.9 Å². The van der Waals surface area contributed by atoms with E-state index in [1.165, 1.54) is 19.3 Å². The van der Waals surface area contributed by atoms with Crippen LogP contribution in [0, 0.1) is 16.7 Å². The Morgan fingerprint density at radius 2 is 2.00 bits per heavy atom. The van der Waals surface area contributed by atoms with Gasteiger partial charge in [-0.1, -0.05) is 20.8 Å². The topological polar surface area (TPSA) is 38.0 Å². The summed E-state index contributed by atoms with van der Waals surface area (Å²) in [5.74, 6) is 6.47. The van der Waals surface area contributed by atoms with E-state index in [4.69, 9.17) is 5.84 Å². The van der Waals surface area contributed by atoms with Gasteiger partial charge in [0.15, 0.2) is 0 Å². The average molecular weight is 168 g/mol. The quantitative estimate of drug-likeness (QED) is 0.461. The number of nitrogens with one attached hydrogen (secondary N) is 1. The van der Waals surface area contributed by atoms with Crippen molar-refractivity contribution in [3.8, 4) is 0 Å². The minimum absolute atomic E-state index is 0.437. The van der Waals surface area contributed by atoms with Crippen LogP contribution < -0.4 is 11.3 Å². The van der Waals surface area contributed by atoms with Crippen molar-refractivity contribution in [3.63, 3.8) is 0 Å². The maximum absolute atomic E-state index is 5.58. The van der Waals surface area contributed by atoms with Crippen molar-refractivity contribution in [1.82, 2.24) is 5.43 Å². The fourth-order valence-electron chi connectivity index (χ4n) is 3.46. The summed E-state index contributed by atoms with van der Waals surface area (Å²) in [5, 5.41) is 0. The Hall–Kier alpha value is -0.0800. The van der Waals surface area contributed by atoms with E-state index >= 15 is 0 Å². The molecule has 70 valence electrons. The number of rotatable bonds is 1. The Kier molecular flexibility index (Phi) is 1.59. The summed E-state index contributed by atoms with van der Waals surface area (Å²) in [5.41, 5.74) is 3.92. The van der Waals surface area contributed by atoms with Gasteiger partial charge in [-0.3, -0.25) is 11.3 Å². The minimum Gasteiger partial charge on any atom is -0.271 e. The van der Waals surface area contributed by atoms with Gasteiger partial charge in [-0.05, 0) is 36.0 Å². The summed E-state index contributed by atoms with van der Waals surface area (Å²) >= 11 is 0. The summed E-state index contributed by atoms with van der Waals surface area (Å²) < 4.78 is 0. The lowest BCUT2D eigenvalue weighted by molar-refractivity contribution is 0.121. The molecule has 0 radical (unpaired) electrons. The van der Waals surface area contributed by atoms with Crippen LogP contribution in [0.4, 0.5) is 0 Å². The van der Waals surface area contributed by atoms with Gasteiger partial charge in [-0.25, -0.2) is 0 Å². The van der Waals surface area contributed by atoms with Gasteiger partial charge < -0.3 is 0 Å². The number of fused-ring (bicyclic) bond motifs is 2. The number of hydrogen-bond donors (Lipinski definition) is 2. The van der Waals surface area contributed by atoms with Crippen molar-refractivity contribution < 1.29 is 0 Å². The Bertz CT molecular complexity index is 200. The van der Waals surface area contributed by atoms with Crippen LogP contribution in [0.2, 0.25) is 0 Å². The van der Waals surface area contributed by atoms with Crippen LogP contribution in [-0.2, 0) is 0 Å². The molecule has 0 saturated heterocycles. The first-order valence-electron chi connectivity index (χ1n) is 4.98. The molecule has 2 fully saturated rings. The van der Waals surface area contributed by atoms with Gasteiger partial charge in [-0.15, -0.1) is 0 Å². The lowest BCUT2D eigenvalue weighted by Gasteiger charge is -2.38. The van der Waals surface area contributed by atoms with E-state index in [2.05, 4.69) is 26.2 Å². The average Bonchev–Trinajstić information content (AvgIpc) is 2.34. The number of hydrogen-bond acceptors (Lipinski definition) is 2. The van der Waals surface area contributed by atoms with Gasteiger partial charge in [0, 0.05) is 6.04 Å². The summed E-state index contributed by atoms with van der Waals surface area (Å²) in [6.45, 7) is 7.20. The monoisotopic (exact) mass is 168 g/mol. The molecule has 0 spiro atoms. The van der Waals surface area contributed by atoms with E-state index in [1.54, 1.807) is 0 Å². The van der Waals surface area contributed by atoms with Crippen LogP contribution in [0.25, 0.3) is 0 Å². The summed E-state index contributed by atoms with van der Waals surface area (Å²) in [7, 11) is 0. The fraction of sp³-hybridized carbons (Fsp3) is 1.00. The third-order valence-electron chi connectivity index (χ3n) is 5.00. The summed E-state index contributed by atoms with van der Waals surface area (Å²) in [6, 6.07) is 0.547. The van der Waals surface area contributed by atoms with Gasteiger partial charge in [0.1, 0.15) is 0 Å². The van der Waals surface area contributed by atoms with E-state index in [0.717, 1.165) is 5.92 Å². The third kappa shape index (κ3) is 0.728. The van der Waals surface area contributed by atoms with Crippen molar-refractivity contribution >= 4 is 0 Å². The molecular formula is C10H20N2. The van der Waals surface area contributed by atoms with Crippen molar-refractivity contribution in [1.29, 1.82) is 0 Å². The van der Waals surface area contributed by atoms with Crippen molar-refractivity contribution in [2.24, 2.45) is 22.6 Å². The molecule has 0 aromatic rings. The lowest BCUT2D eigenvalue weighted by atomic mass is 9.69. The minimum atomic E-state index is 0.437. The van der Waals surface area contributed by atoms with Gasteiger partial charge in [-0.2, -0.15) is 0 Å². The zero-order chi connectivity index (χ0) is 8.98. The van der Waals surface area contributed by atoms with Crippen molar-refractivity contribution in [2.45, 2.75) is 46.1 Å². The maximum Gasteiger partial charge on any atom is 0.0272 e. The van der Waals surface area contributed by atoms with E-state index in [-0.39, 0.29) is 0 Å². The van der Waals surface area contributed by atoms with Crippen LogP contribution in [0.5, 0.6) is 0 Å². The Morgan fingerprint density at radius 3 is 2.25 bits per heavy atom. The zero-order valence-corrected chi connectivity index (χ0v) is 8.35. The predicted octanol–water partition coefficient (Wildman–Crippen LogP) is 1.66. The second-order valence-electron chi connectivity index (χ2n) is 5.33. The van der Waals surface area contributed by atoms with Crippen molar-refractivity contribution in [3.05, 3.63) is 0 Å². The van der Waals surface area contributed by atoms with Gasteiger partial charge in [0.2, 0.25) is 0 Å². The van der Waals surface area contributed by atoms with Crippen LogP contribution in [0.3, 0.4) is 0 Å². The van der Waals surface area contributed by atoms with Gasteiger partial charge in [0.25, 0.3) is 0 Å². The highest BCUT2D eigenvalue weighted by Gasteiger charge is 2.60. The molecule has 12 heavy (non-hydrogen) atoms. The van der Waals surface area contributed by atoms with Crippen LogP contribution in [0.1, 0.15) is 40.0 Å². The van der Waals surface area contributed by atoms with E-state index in [9.17, 15) is 0 Å². The maximum atomic E-state index is 5.58. The molecular weight excluding hydrogens is 148 g/mol. The molecule has 2 bridgehead atoms. The smallest absolute Gasteiger partial charge is 0.0272 e. The highest BCUT2D eigenvalue weighted by molar-refractivity contribution is 5.12. The highest BCUT2D eigenvalue weighted by atomic mass is 15.2.